The Labute approximate surface area is 139 Å². The summed E-state index contributed by atoms with van der Waals surface area (Å²) in [5, 5.41) is 5.55. The Balaban J connectivity index is 1.72. The number of carbonyl (C=O) groups excluding carboxylic acids is 1. The molecule has 0 fully saturated rings. The van der Waals surface area contributed by atoms with Gasteiger partial charge in [0.2, 0.25) is 0 Å². The standard InChI is InChI=1S/C17H19BrN2O2/c1-12-4-3-5-15(10-12)22-9-8-19-17(21)20-14-6-7-16(18)13(2)11-14/h3-7,10-11H,8-9H2,1-2H3,(H2,19,20,21). The minimum absolute atomic E-state index is 0.241. The van der Waals surface area contributed by atoms with E-state index in [-0.39, 0.29) is 6.03 Å². The molecule has 0 heterocycles. The molecule has 0 aliphatic rings. The highest BCUT2D eigenvalue weighted by atomic mass is 79.9. The Morgan fingerprint density at radius 3 is 2.73 bits per heavy atom. The predicted octanol–water partition coefficient (Wildman–Crippen LogP) is 4.27. The molecule has 0 bridgehead atoms. The van der Waals surface area contributed by atoms with Gasteiger partial charge in [-0.15, -0.1) is 0 Å². The van der Waals surface area contributed by atoms with Crippen molar-refractivity contribution in [2.45, 2.75) is 13.8 Å². The minimum atomic E-state index is -0.241. The van der Waals surface area contributed by atoms with Crippen molar-refractivity contribution in [2.24, 2.45) is 0 Å². The number of carbonyl (C=O) groups is 1. The van der Waals surface area contributed by atoms with Gasteiger partial charge in [0.05, 0.1) is 6.54 Å². The molecule has 22 heavy (non-hydrogen) atoms. The highest BCUT2D eigenvalue weighted by Gasteiger charge is 2.03. The number of nitrogens with one attached hydrogen (secondary N) is 2. The lowest BCUT2D eigenvalue weighted by molar-refractivity contribution is 0.247. The van der Waals surface area contributed by atoms with Crippen molar-refractivity contribution in [1.29, 1.82) is 0 Å². The van der Waals surface area contributed by atoms with Gasteiger partial charge in [0.15, 0.2) is 0 Å². The fraction of sp³-hybridized carbons (Fsp3) is 0.235. The maximum Gasteiger partial charge on any atom is 0.319 e. The molecule has 2 N–H and O–H groups in total. The third-order valence-corrected chi connectivity index (χ3v) is 3.95. The highest BCUT2D eigenvalue weighted by molar-refractivity contribution is 9.10. The molecular formula is C17H19BrN2O2. The van der Waals surface area contributed by atoms with Crippen LogP contribution in [0.1, 0.15) is 11.1 Å². The summed E-state index contributed by atoms with van der Waals surface area (Å²) in [4.78, 5) is 11.8. The summed E-state index contributed by atoms with van der Waals surface area (Å²) >= 11 is 3.43. The summed E-state index contributed by atoms with van der Waals surface area (Å²) < 4.78 is 6.59. The lowest BCUT2D eigenvalue weighted by Gasteiger charge is -2.10. The van der Waals surface area contributed by atoms with Gasteiger partial charge in [-0.05, 0) is 55.3 Å². The first-order valence-corrected chi connectivity index (χ1v) is 7.84. The number of hydrogen-bond donors (Lipinski definition) is 2. The number of rotatable bonds is 5. The first-order chi connectivity index (χ1) is 10.5. The first-order valence-electron chi connectivity index (χ1n) is 7.05. The number of hydrogen-bond acceptors (Lipinski definition) is 2. The van der Waals surface area contributed by atoms with E-state index in [0.29, 0.717) is 13.2 Å². The summed E-state index contributed by atoms with van der Waals surface area (Å²) in [6.07, 6.45) is 0. The van der Waals surface area contributed by atoms with Crippen molar-refractivity contribution in [3.63, 3.8) is 0 Å². The third-order valence-electron chi connectivity index (χ3n) is 3.06. The average molecular weight is 363 g/mol. The zero-order chi connectivity index (χ0) is 15.9. The van der Waals surface area contributed by atoms with Crippen LogP contribution in [0.15, 0.2) is 46.9 Å². The van der Waals surface area contributed by atoms with Crippen LogP contribution in [-0.4, -0.2) is 19.2 Å². The summed E-state index contributed by atoms with van der Waals surface area (Å²) in [6.45, 7) is 4.85. The molecule has 4 nitrogen and oxygen atoms in total. The average Bonchev–Trinajstić information content (AvgIpc) is 2.48. The van der Waals surface area contributed by atoms with Crippen molar-refractivity contribution in [1.82, 2.24) is 5.32 Å². The second-order valence-electron chi connectivity index (χ2n) is 5.01. The summed E-state index contributed by atoms with van der Waals surface area (Å²) in [6, 6.07) is 13.2. The van der Waals surface area contributed by atoms with Gasteiger partial charge in [0.1, 0.15) is 12.4 Å². The van der Waals surface area contributed by atoms with E-state index >= 15 is 0 Å². The molecular weight excluding hydrogens is 344 g/mol. The van der Waals surface area contributed by atoms with Crippen LogP contribution >= 0.6 is 15.9 Å². The maximum atomic E-state index is 11.8. The van der Waals surface area contributed by atoms with Crippen LogP contribution in [-0.2, 0) is 0 Å². The number of urea groups is 1. The maximum absolute atomic E-state index is 11.8. The van der Waals surface area contributed by atoms with Gasteiger partial charge in [-0.2, -0.15) is 0 Å². The number of aryl methyl sites for hydroxylation is 2. The van der Waals surface area contributed by atoms with E-state index in [4.69, 9.17) is 4.74 Å². The first kappa shape index (κ1) is 16.4. The quantitative estimate of drug-likeness (QED) is 0.780. The van der Waals surface area contributed by atoms with Crippen LogP contribution in [0, 0.1) is 13.8 Å². The third kappa shape index (κ3) is 5.07. The molecule has 0 aliphatic heterocycles. The molecule has 0 aliphatic carbocycles. The molecule has 0 spiro atoms. The number of amides is 2. The SMILES string of the molecule is Cc1cccc(OCCNC(=O)Nc2ccc(Br)c(C)c2)c1. The summed E-state index contributed by atoms with van der Waals surface area (Å²) in [5.41, 5.74) is 2.98. The van der Waals surface area contributed by atoms with Gasteiger partial charge in [-0.1, -0.05) is 28.1 Å². The monoisotopic (exact) mass is 362 g/mol. The van der Waals surface area contributed by atoms with E-state index in [1.54, 1.807) is 0 Å². The van der Waals surface area contributed by atoms with E-state index in [2.05, 4.69) is 26.6 Å². The molecule has 0 unspecified atom stereocenters. The normalized spacial score (nSPS) is 10.1. The van der Waals surface area contributed by atoms with Gasteiger partial charge < -0.3 is 15.4 Å². The molecule has 5 heteroatoms. The Morgan fingerprint density at radius 1 is 1.18 bits per heavy atom. The summed E-state index contributed by atoms with van der Waals surface area (Å²) in [7, 11) is 0. The second kappa shape index (κ2) is 7.84. The molecule has 2 aromatic rings. The van der Waals surface area contributed by atoms with E-state index in [1.807, 2.05) is 56.3 Å². The Kier molecular flexibility index (Phi) is 5.83. The highest BCUT2D eigenvalue weighted by Crippen LogP contribution is 2.19. The van der Waals surface area contributed by atoms with Crippen LogP contribution in [0.4, 0.5) is 10.5 Å². The molecule has 116 valence electrons. The molecule has 0 radical (unpaired) electrons. The van der Waals surface area contributed by atoms with E-state index in [1.165, 1.54) is 0 Å². The summed E-state index contributed by atoms with van der Waals surface area (Å²) in [5.74, 6) is 0.811. The number of benzene rings is 2. The predicted molar refractivity (Wildman–Crippen MR) is 92.6 cm³/mol. The van der Waals surface area contributed by atoms with Gasteiger partial charge in [0, 0.05) is 10.2 Å². The molecule has 2 aromatic carbocycles. The lowest BCUT2D eigenvalue weighted by atomic mass is 10.2. The largest absolute Gasteiger partial charge is 0.492 e. The van der Waals surface area contributed by atoms with Crippen molar-refractivity contribution in [2.75, 3.05) is 18.5 Å². The van der Waals surface area contributed by atoms with Crippen LogP contribution in [0.2, 0.25) is 0 Å². The fourth-order valence-electron chi connectivity index (χ4n) is 1.94. The van der Waals surface area contributed by atoms with Crippen LogP contribution in [0.25, 0.3) is 0 Å². The van der Waals surface area contributed by atoms with Gasteiger partial charge in [-0.25, -0.2) is 4.79 Å². The zero-order valence-electron chi connectivity index (χ0n) is 12.7. The van der Waals surface area contributed by atoms with Gasteiger partial charge in [-0.3, -0.25) is 0 Å². The molecule has 0 aromatic heterocycles. The molecule has 2 amide bonds. The van der Waals surface area contributed by atoms with Crippen molar-refractivity contribution >= 4 is 27.6 Å². The number of halogens is 1. The van der Waals surface area contributed by atoms with E-state index in [9.17, 15) is 4.79 Å². The smallest absolute Gasteiger partial charge is 0.319 e. The number of anilines is 1. The Hall–Kier alpha value is -2.01. The van der Waals surface area contributed by atoms with Crippen LogP contribution in [0.5, 0.6) is 5.75 Å². The van der Waals surface area contributed by atoms with Crippen molar-refractivity contribution in [3.8, 4) is 5.75 Å². The lowest BCUT2D eigenvalue weighted by Crippen LogP contribution is -2.32. The van der Waals surface area contributed by atoms with E-state index in [0.717, 1.165) is 27.0 Å². The Morgan fingerprint density at radius 2 is 2.00 bits per heavy atom. The number of ether oxygens (including phenoxy) is 1. The van der Waals surface area contributed by atoms with Gasteiger partial charge >= 0.3 is 6.03 Å². The van der Waals surface area contributed by atoms with E-state index < -0.39 is 0 Å². The Bertz CT molecular complexity index is 659. The van der Waals surface area contributed by atoms with Crippen molar-refractivity contribution in [3.05, 3.63) is 58.1 Å². The zero-order valence-corrected chi connectivity index (χ0v) is 14.2. The fourth-order valence-corrected chi connectivity index (χ4v) is 2.18. The van der Waals surface area contributed by atoms with Crippen molar-refractivity contribution < 1.29 is 9.53 Å². The minimum Gasteiger partial charge on any atom is -0.492 e. The molecule has 2 rings (SSSR count). The topological polar surface area (TPSA) is 50.4 Å². The molecule has 0 saturated carbocycles. The van der Waals surface area contributed by atoms with Crippen LogP contribution in [0.3, 0.4) is 0 Å². The van der Waals surface area contributed by atoms with Crippen LogP contribution < -0.4 is 15.4 Å². The van der Waals surface area contributed by atoms with Gasteiger partial charge in [0.25, 0.3) is 0 Å². The molecule has 0 atom stereocenters. The molecule has 0 saturated heterocycles. The second-order valence-corrected chi connectivity index (χ2v) is 5.86.